The molecule has 152 valence electrons. The average Bonchev–Trinajstić information content (AvgIpc) is 2.66. The SMILES string of the molecule is CCCCN(Cc1ccc(OS(C)(=O)=O)cc1)C(=O)[C@H](CC)c1ccccc1. The third-order valence-electron chi connectivity index (χ3n) is 4.55. The standard InChI is InChI=1S/C22H29NO4S/c1-4-6-16-23(22(24)21(5-2)19-10-8-7-9-11-19)17-18-12-14-20(15-13-18)27-28(3,25)26/h7-15,21H,4-6,16-17H2,1-3H3/t21-/m1/s1. The lowest BCUT2D eigenvalue weighted by atomic mass is 9.94. The Hall–Kier alpha value is -2.34. The smallest absolute Gasteiger partial charge is 0.306 e. The number of carbonyl (C=O) groups excluding carboxylic acids is 1. The first-order chi connectivity index (χ1) is 13.3. The minimum absolute atomic E-state index is 0.124. The van der Waals surface area contributed by atoms with Gasteiger partial charge < -0.3 is 9.08 Å². The lowest BCUT2D eigenvalue weighted by Crippen LogP contribution is -2.35. The molecule has 0 fully saturated rings. The van der Waals surface area contributed by atoms with E-state index in [1.165, 1.54) is 0 Å². The Balaban J connectivity index is 2.17. The third-order valence-corrected chi connectivity index (χ3v) is 5.04. The molecule has 0 unspecified atom stereocenters. The second kappa shape index (κ2) is 10.3. The summed E-state index contributed by atoms with van der Waals surface area (Å²) in [5, 5.41) is 0. The number of hydrogen-bond donors (Lipinski definition) is 0. The van der Waals surface area contributed by atoms with Gasteiger partial charge in [-0.05, 0) is 36.1 Å². The Morgan fingerprint density at radius 1 is 1.04 bits per heavy atom. The Bertz CT molecular complexity index is 848. The summed E-state index contributed by atoms with van der Waals surface area (Å²) in [4.78, 5) is 15.2. The molecule has 28 heavy (non-hydrogen) atoms. The van der Waals surface area contributed by atoms with E-state index >= 15 is 0 Å². The van der Waals surface area contributed by atoms with Crippen molar-refractivity contribution < 1.29 is 17.4 Å². The minimum Gasteiger partial charge on any atom is -0.383 e. The summed E-state index contributed by atoms with van der Waals surface area (Å²) in [5.74, 6) is 0.234. The Labute approximate surface area is 168 Å². The largest absolute Gasteiger partial charge is 0.383 e. The van der Waals surface area contributed by atoms with Crippen LogP contribution in [-0.2, 0) is 21.5 Å². The number of nitrogens with zero attached hydrogens (tertiary/aromatic N) is 1. The predicted octanol–water partition coefficient (Wildman–Crippen LogP) is 4.35. The van der Waals surface area contributed by atoms with Crippen molar-refractivity contribution in [2.45, 2.75) is 45.6 Å². The summed E-state index contributed by atoms with van der Waals surface area (Å²) in [6, 6.07) is 16.7. The van der Waals surface area contributed by atoms with Gasteiger partial charge in [0.05, 0.1) is 12.2 Å². The van der Waals surface area contributed by atoms with Crippen LogP contribution in [0.1, 0.15) is 50.2 Å². The molecule has 1 amide bonds. The molecule has 0 saturated heterocycles. The fourth-order valence-corrected chi connectivity index (χ4v) is 3.58. The van der Waals surface area contributed by atoms with Crippen LogP contribution >= 0.6 is 0 Å². The molecule has 1 atom stereocenters. The molecule has 0 radical (unpaired) electrons. The van der Waals surface area contributed by atoms with Crippen LogP contribution in [0.3, 0.4) is 0 Å². The maximum Gasteiger partial charge on any atom is 0.306 e. The highest BCUT2D eigenvalue weighted by molar-refractivity contribution is 7.86. The highest BCUT2D eigenvalue weighted by atomic mass is 32.2. The zero-order chi connectivity index (χ0) is 20.6. The van der Waals surface area contributed by atoms with Gasteiger partial charge in [0.15, 0.2) is 0 Å². The molecule has 0 bridgehead atoms. The van der Waals surface area contributed by atoms with Gasteiger partial charge in [-0.25, -0.2) is 0 Å². The van der Waals surface area contributed by atoms with E-state index in [1.807, 2.05) is 42.2 Å². The summed E-state index contributed by atoms with van der Waals surface area (Å²) in [7, 11) is -3.55. The molecule has 0 aliphatic rings. The van der Waals surface area contributed by atoms with Crippen molar-refractivity contribution in [1.82, 2.24) is 4.90 Å². The van der Waals surface area contributed by atoms with Crippen LogP contribution in [-0.4, -0.2) is 32.0 Å². The molecule has 0 aromatic heterocycles. The Morgan fingerprint density at radius 3 is 2.21 bits per heavy atom. The summed E-state index contributed by atoms with van der Waals surface area (Å²) >= 11 is 0. The number of rotatable bonds is 10. The van der Waals surface area contributed by atoms with E-state index in [4.69, 9.17) is 4.18 Å². The zero-order valence-corrected chi connectivity index (χ0v) is 17.6. The monoisotopic (exact) mass is 403 g/mol. The van der Waals surface area contributed by atoms with Crippen molar-refractivity contribution in [3.8, 4) is 5.75 Å². The van der Waals surface area contributed by atoms with Gasteiger partial charge in [0.1, 0.15) is 5.75 Å². The third kappa shape index (κ3) is 6.68. The van der Waals surface area contributed by atoms with Gasteiger partial charge in [0.2, 0.25) is 5.91 Å². The van der Waals surface area contributed by atoms with Crippen molar-refractivity contribution in [3.63, 3.8) is 0 Å². The van der Waals surface area contributed by atoms with E-state index in [1.54, 1.807) is 24.3 Å². The highest BCUT2D eigenvalue weighted by Crippen LogP contribution is 2.24. The molecule has 0 N–H and O–H groups in total. The topological polar surface area (TPSA) is 63.7 Å². The lowest BCUT2D eigenvalue weighted by molar-refractivity contribution is -0.133. The maximum atomic E-state index is 13.3. The number of benzene rings is 2. The van der Waals surface area contributed by atoms with Crippen molar-refractivity contribution in [3.05, 3.63) is 65.7 Å². The van der Waals surface area contributed by atoms with Gasteiger partial charge in [-0.15, -0.1) is 0 Å². The fourth-order valence-electron chi connectivity index (χ4n) is 3.12. The minimum atomic E-state index is -3.55. The average molecular weight is 404 g/mol. The first-order valence-electron chi connectivity index (χ1n) is 9.66. The van der Waals surface area contributed by atoms with Crippen molar-refractivity contribution in [1.29, 1.82) is 0 Å². The van der Waals surface area contributed by atoms with Crippen LogP contribution in [0.25, 0.3) is 0 Å². The molecule has 6 heteroatoms. The van der Waals surface area contributed by atoms with E-state index in [0.29, 0.717) is 13.1 Å². The molecule has 0 aliphatic carbocycles. The number of unbranched alkanes of at least 4 members (excludes halogenated alkanes) is 1. The maximum absolute atomic E-state index is 13.3. The van der Waals surface area contributed by atoms with Gasteiger partial charge in [-0.3, -0.25) is 4.79 Å². The van der Waals surface area contributed by atoms with Crippen LogP contribution in [0.2, 0.25) is 0 Å². The van der Waals surface area contributed by atoms with Gasteiger partial charge in [-0.2, -0.15) is 8.42 Å². The van der Waals surface area contributed by atoms with E-state index in [0.717, 1.165) is 36.6 Å². The lowest BCUT2D eigenvalue weighted by Gasteiger charge is -2.27. The second-order valence-corrected chi connectivity index (χ2v) is 8.49. The highest BCUT2D eigenvalue weighted by Gasteiger charge is 2.24. The number of amides is 1. The van der Waals surface area contributed by atoms with Gasteiger partial charge in [0, 0.05) is 13.1 Å². The molecule has 0 saturated carbocycles. The zero-order valence-electron chi connectivity index (χ0n) is 16.8. The van der Waals surface area contributed by atoms with Crippen molar-refractivity contribution >= 4 is 16.0 Å². The van der Waals surface area contributed by atoms with Crippen LogP contribution in [0, 0.1) is 0 Å². The van der Waals surface area contributed by atoms with E-state index < -0.39 is 10.1 Å². The predicted molar refractivity (Wildman–Crippen MR) is 112 cm³/mol. The van der Waals surface area contributed by atoms with Gasteiger partial charge in [0.25, 0.3) is 0 Å². The number of hydrogen-bond acceptors (Lipinski definition) is 4. The fraction of sp³-hybridized carbons (Fsp3) is 0.409. The van der Waals surface area contributed by atoms with Crippen LogP contribution < -0.4 is 4.18 Å². The summed E-state index contributed by atoms with van der Waals surface area (Å²) < 4.78 is 27.4. The van der Waals surface area contributed by atoms with Crippen LogP contribution in [0.15, 0.2) is 54.6 Å². The summed E-state index contributed by atoms with van der Waals surface area (Å²) in [6.45, 7) is 5.32. The quantitative estimate of drug-likeness (QED) is 0.553. The van der Waals surface area contributed by atoms with Crippen molar-refractivity contribution in [2.24, 2.45) is 0 Å². The molecule has 2 aromatic carbocycles. The molecular weight excluding hydrogens is 374 g/mol. The van der Waals surface area contributed by atoms with Crippen LogP contribution in [0.5, 0.6) is 5.75 Å². The first kappa shape index (κ1) is 22.0. The van der Waals surface area contributed by atoms with Gasteiger partial charge in [-0.1, -0.05) is 62.7 Å². The molecule has 0 aliphatic heterocycles. The Kier molecular flexibility index (Phi) is 8.05. The first-order valence-corrected chi connectivity index (χ1v) is 11.5. The summed E-state index contributed by atoms with van der Waals surface area (Å²) in [5.41, 5.74) is 1.97. The molecule has 0 spiro atoms. The van der Waals surface area contributed by atoms with E-state index in [2.05, 4.69) is 6.92 Å². The second-order valence-electron chi connectivity index (χ2n) is 6.92. The Morgan fingerprint density at radius 2 is 1.68 bits per heavy atom. The molecule has 0 heterocycles. The normalized spacial score (nSPS) is 12.4. The van der Waals surface area contributed by atoms with E-state index in [9.17, 15) is 13.2 Å². The molecular formula is C22H29NO4S. The van der Waals surface area contributed by atoms with Crippen molar-refractivity contribution in [2.75, 3.05) is 12.8 Å². The summed E-state index contributed by atoms with van der Waals surface area (Å²) in [6.07, 6.45) is 3.70. The van der Waals surface area contributed by atoms with Crippen LogP contribution in [0.4, 0.5) is 0 Å². The van der Waals surface area contributed by atoms with E-state index in [-0.39, 0.29) is 17.6 Å². The van der Waals surface area contributed by atoms with Gasteiger partial charge >= 0.3 is 10.1 Å². The molecule has 2 aromatic rings. The molecule has 5 nitrogen and oxygen atoms in total. The molecule has 2 rings (SSSR count). The number of carbonyl (C=O) groups is 1.